The van der Waals surface area contributed by atoms with Gasteiger partial charge in [0, 0.05) is 24.2 Å². The van der Waals surface area contributed by atoms with Gasteiger partial charge >= 0.3 is 0 Å². The van der Waals surface area contributed by atoms with Crippen molar-refractivity contribution in [1.82, 2.24) is 4.98 Å². The molecule has 0 aliphatic carbocycles. The number of aromatic nitrogens is 1. The number of nitro groups is 1. The van der Waals surface area contributed by atoms with Crippen molar-refractivity contribution in [3.05, 3.63) is 38.3 Å². The summed E-state index contributed by atoms with van der Waals surface area (Å²) in [7, 11) is 0. The van der Waals surface area contributed by atoms with Gasteiger partial charge in [0.15, 0.2) is 0 Å². The second-order valence-electron chi connectivity index (χ2n) is 2.74. The van der Waals surface area contributed by atoms with Gasteiger partial charge in [0.1, 0.15) is 0 Å². The number of pyridine rings is 1. The highest BCUT2D eigenvalue weighted by Crippen LogP contribution is 2.11. The summed E-state index contributed by atoms with van der Waals surface area (Å²) in [5.74, 6) is 0. The van der Waals surface area contributed by atoms with Crippen molar-refractivity contribution < 1.29 is 4.92 Å². The van der Waals surface area contributed by atoms with Crippen LogP contribution < -0.4 is 17.0 Å². The Bertz CT molecular complexity index is 400. The predicted molar refractivity (Wildman–Crippen MR) is 49.7 cm³/mol. The minimum absolute atomic E-state index is 0.0598. The zero-order valence-electron chi connectivity index (χ0n) is 7.27. The van der Waals surface area contributed by atoms with Crippen molar-refractivity contribution >= 4 is 5.69 Å². The second kappa shape index (κ2) is 3.99. The Morgan fingerprint density at radius 2 is 2.29 bits per heavy atom. The van der Waals surface area contributed by atoms with E-state index in [4.69, 9.17) is 11.5 Å². The third-order valence-corrected chi connectivity index (χ3v) is 1.78. The monoisotopic (exact) mass is 198 g/mol. The molecule has 76 valence electrons. The molecule has 0 saturated heterocycles. The van der Waals surface area contributed by atoms with E-state index in [0.29, 0.717) is 0 Å². The van der Waals surface area contributed by atoms with E-state index >= 15 is 0 Å². The van der Waals surface area contributed by atoms with Crippen LogP contribution in [0, 0.1) is 10.1 Å². The molecule has 1 heterocycles. The number of nitrogens with one attached hydrogen (secondary N) is 1. The zero-order valence-corrected chi connectivity index (χ0v) is 7.27. The van der Waals surface area contributed by atoms with Crippen molar-refractivity contribution in [2.24, 2.45) is 11.5 Å². The fourth-order valence-corrected chi connectivity index (χ4v) is 0.997. The molecule has 0 unspecified atom stereocenters. The van der Waals surface area contributed by atoms with Crippen LogP contribution in [0.1, 0.15) is 11.6 Å². The average Bonchev–Trinajstić information content (AvgIpc) is 2.17. The molecule has 0 radical (unpaired) electrons. The summed E-state index contributed by atoms with van der Waals surface area (Å²) in [6.45, 7) is 0.0598. The van der Waals surface area contributed by atoms with E-state index in [1.165, 1.54) is 0 Å². The summed E-state index contributed by atoms with van der Waals surface area (Å²) in [4.78, 5) is 23.2. The Kier molecular flexibility index (Phi) is 2.95. The molecule has 1 aromatic heterocycles. The maximum atomic E-state index is 11.2. The lowest BCUT2D eigenvalue weighted by Gasteiger charge is -2.06. The van der Waals surface area contributed by atoms with Gasteiger partial charge in [-0.1, -0.05) is 0 Å². The van der Waals surface area contributed by atoms with Crippen LogP contribution in [0.2, 0.25) is 0 Å². The van der Waals surface area contributed by atoms with Crippen molar-refractivity contribution in [3.63, 3.8) is 0 Å². The molecule has 1 aromatic rings. The molecule has 0 aromatic carbocycles. The maximum absolute atomic E-state index is 11.2. The van der Waals surface area contributed by atoms with Crippen molar-refractivity contribution in [2.45, 2.75) is 6.04 Å². The van der Waals surface area contributed by atoms with E-state index in [9.17, 15) is 14.9 Å². The molecule has 14 heavy (non-hydrogen) atoms. The molecule has 0 aliphatic rings. The summed E-state index contributed by atoms with van der Waals surface area (Å²) in [5, 5.41) is 10.4. The first-order valence-electron chi connectivity index (χ1n) is 3.89. The van der Waals surface area contributed by atoms with Gasteiger partial charge in [-0.2, -0.15) is 0 Å². The Morgan fingerprint density at radius 3 is 2.79 bits per heavy atom. The minimum Gasteiger partial charge on any atom is -0.329 e. The van der Waals surface area contributed by atoms with Crippen LogP contribution >= 0.6 is 0 Å². The fourth-order valence-electron chi connectivity index (χ4n) is 0.997. The largest absolute Gasteiger partial charge is 0.329 e. The Hall–Kier alpha value is -1.73. The quantitative estimate of drug-likeness (QED) is 0.434. The Morgan fingerprint density at radius 1 is 1.64 bits per heavy atom. The van der Waals surface area contributed by atoms with Crippen LogP contribution in [0.25, 0.3) is 0 Å². The first-order chi connectivity index (χ1) is 6.56. The third-order valence-electron chi connectivity index (χ3n) is 1.78. The average molecular weight is 198 g/mol. The van der Waals surface area contributed by atoms with Crippen LogP contribution in [0.4, 0.5) is 5.69 Å². The lowest BCUT2D eigenvalue weighted by Crippen LogP contribution is -2.27. The van der Waals surface area contributed by atoms with Gasteiger partial charge < -0.3 is 16.5 Å². The van der Waals surface area contributed by atoms with Crippen LogP contribution in [-0.4, -0.2) is 16.5 Å². The molecule has 0 amide bonds. The maximum Gasteiger partial charge on any atom is 0.285 e. The summed E-state index contributed by atoms with van der Waals surface area (Å²) in [5.41, 5.74) is 10.2. The van der Waals surface area contributed by atoms with E-state index in [2.05, 4.69) is 4.98 Å². The van der Waals surface area contributed by atoms with E-state index in [1.54, 1.807) is 0 Å². The van der Waals surface area contributed by atoms with Crippen LogP contribution in [0.15, 0.2) is 17.1 Å². The van der Waals surface area contributed by atoms with Gasteiger partial charge in [0.25, 0.3) is 11.2 Å². The van der Waals surface area contributed by atoms with E-state index in [-0.39, 0.29) is 17.8 Å². The van der Waals surface area contributed by atoms with Gasteiger partial charge in [-0.25, -0.2) is 0 Å². The Labute approximate surface area is 78.9 Å². The Balaban J connectivity index is 3.21. The molecule has 5 N–H and O–H groups in total. The van der Waals surface area contributed by atoms with Crippen LogP contribution in [-0.2, 0) is 0 Å². The number of hydrogen-bond donors (Lipinski definition) is 3. The highest BCUT2D eigenvalue weighted by atomic mass is 16.6. The second-order valence-corrected chi connectivity index (χ2v) is 2.74. The number of aromatic amines is 1. The van der Waals surface area contributed by atoms with Crippen molar-refractivity contribution in [2.75, 3.05) is 6.54 Å². The smallest absolute Gasteiger partial charge is 0.285 e. The third kappa shape index (κ3) is 1.95. The summed E-state index contributed by atoms with van der Waals surface area (Å²) in [6.07, 6.45) is 1.02. The molecule has 0 spiro atoms. The van der Waals surface area contributed by atoms with E-state index in [0.717, 1.165) is 12.3 Å². The molecule has 0 aliphatic heterocycles. The van der Waals surface area contributed by atoms with Gasteiger partial charge in [-0.15, -0.1) is 0 Å². The molecular formula is C7H10N4O3. The molecule has 1 rings (SSSR count). The highest BCUT2D eigenvalue weighted by molar-refractivity contribution is 5.31. The molecule has 7 nitrogen and oxygen atoms in total. The van der Waals surface area contributed by atoms with Crippen LogP contribution in [0.5, 0.6) is 0 Å². The standard InChI is InChI=1S/C7H10N4O3/c8-2-6(9)5-1-4(11(13)14)3-10-7(5)12/h1,3,6H,2,8-9H2,(H,10,12)/t6-/m1/s1. The lowest BCUT2D eigenvalue weighted by atomic mass is 10.1. The normalized spacial score (nSPS) is 12.4. The first kappa shape index (κ1) is 10.4. The predicted octanol–water partition coefficient (Wildman–Crippen LogP) is -0.758. The van der Waals surface area contributed by atoms with Crippen molar-refractivity contribution in [3.8, 4) is 0 Å². The molecule has 1 atom stereocenters. The van der Waals surface area contributed by atoms with Gasteiger partial charge in [0.2, 0.25) is 0 Å². The molecule has 7 heteroatoms. The molecule has 0 bridgehead atoms. The fraction of sp³-hybridized carbons (Fsp3) is 0.286. The van der Waals surface area contributed by atoms with Gasteiger partial charge in [-0.3, -0.25) is 14.9 Å². The van der Waals surface area contributed by atoms with E-state index in [1.807, 2.05) is 0 Å². The van der Waals surface area contributed by atoms with Gasteiger partial charge in [0.05, 0.1) is 11.1 Å². The van der Waals surface area contributed by atoms with Gasteiger partial charge in [-0.05, 0) is 0 Å². The molecular weight excluding hydrogens is 188 g/mol. The van der Waals surface area contributed by atoms with Crippen LogP contribution in [0.3, 0.4) is 0 Å². The summed E-state index contributed by atoms with van der Waals surface area (Å²) in [6, 6.07) is 0.453. The highest BCUT2D eigenvalue weighted by Gasteiger charge is 2.13. The lowest BCUT2D eigenvalue weighted by molar-refractivity contribution is -0.385. The van der Waals surface area contributed by atoms with E-state index < -0.39 is 16.5 Å². The molecule has 0 saturated carbocycles. The van der Waals surface area contributed by atoms with Crippen molar-refractivity contribution in [1.29, 1.82) is 0 Å². The number of H-pyrrole nitrogens is 1. The number of rotatable bonds is 3. The number of nitrogens with zero attached hydrogens (tertiary/aromatic N) is 1. The number of nitrogens with two attached hydrogens (primary N) is 2. The summed E-state index contributed by atoms with van der Waals surface area (Å²) >= 11 is 0. The first-order valence-corrected chi connectivity index (χ1v) is 3.89. The number of hydrogen-bond acceptors (Lipinski definition) is 5. The molecule has 0 fully saturated rings. The summed E-state index contributed by atoms with van der Waals surface area (Å²) < 4.78 is 0. The SMILES string of the molecule is NC[C@@H](N)c1cc([N+](=O)[O-])c[nH]c1=O. The minimum atomic E-state index is -0.682. The zero-order chi connectivity index (χ0) is 10.7. The topological polar surface area (TPSA) is 128 Å².